The second-order valence-electron chi connectivity index (χ2n) is 1.68. The lowest BCUT2D eigenvalue weighted by Gasteiger charge is -2.00. The van der Waals surface area contributed by atoms with Crippen LogP contribution in [0, 0.1) is 11.8 Å². The van der Waals surface area contributed by atoms with Crippen molar-refractivity contribution in [2.75, 3.05) is 7.11 Å². The molecule has 0 saturated heterocycles. The molecular weight excluding hydrogens is 180 g/mol. The molecule has 0 aromatic carbocycles. The lowest BCUT2D eigenvalue weighted by molar-refractivity contribution is 0.372. The molecule has 0 aliphatic heterocycles. The van der Waals surface area contributed by atoms with Gasteiger partial charge in [-0.2, -0.15) is 0 Å². The highest BCUT2D eigenvalue weighted by Gasteiger charge is 2.00. The number of halogens is 1. The van der Waals surface area contributed by atoms with Gasteiger partial charge in [0.15, 0.2) is 11.5 Å². The molecule has 1 aromatic rings. The normalized spacial score (nSPS) is 8.00. The highest BCUT2D eigenvalue weighted by atomic mass is 35.5. The smallest absolute Gasteiger partial charge is 0.176 e. The minimum Gasteiger partial charge on any atom is -0.503 e. The third-order valence-corrected chi connectivity index (χ3v) is 1.24. The molecule has 12 heavy (non-hydrogen) atoms. The molecule has 0 amide bonds. The van der Waals surface area contributed by atoms with E-state index in [9.17, 15) is 0 Å². The largest absolute Gasteiger partial charge is 0.503 e. The van der Waals surface area contributed by atoms with Gasteiger partial charge in [-0.1, -0.05) is 11.6 Å². The molecule has 0 fully saturated rings. The second-order valence-corrected chi connectivity index (χ2v) is 2.07. The Labute approximate surface area is 75.0 Å². The molecule has 64 valence electrons. The Bertz CT molecular complexity index is 275. The molecule has 0 atom stereocenters. The van der Waals surface area contributed by atoms with Crippen LogP contribution in [-0.2, 0) is 0 Å². The topological polar surface area (TPSA) is 66.1 Å². The van der Waals surface area contributed by atoms with Crippen LogP contribution in [0.5, 0.6) is 11.5 Å². The summed E-state index contributed by atoms with van der Waals surface area (Å²) in [5.41, 5.74) is 0. The van der Waals surface area contributed by atoms with Gasteiger partial charge in [-0.05, 0) is 0 Å². The lowest BCUT2D eigenvalue weighted by Crippen LogP contribution is -1.84. The van der Waals surface area contributed by atoms with E-state index in [4.69, 9.17) is 26.7 Å². The lowest BCUT2D eigenvalue weighted by atomic mass is 10.4. The summed E-state index contributed by atoms with van der Waals surface area (Å²) in [6, 6.07) is 1.44. The Kier molecular flexibility index (Phi) is 4.58. The minimum atomic E-state index is -0.00750. The molecule has 1 heterocycles. The van der Waals surface area contributed by atoms with E-state index in [0.29, 0.717) is 10.9 Å². The van der Waals surface area contributed by atoms with Crippen molar-refractivity contribution >= 4 is 11.6 Å². The minimum absolute atomic E-state index is 0.00750. The van der Waals surface area contributed by atoms with Crippen molar-refractivity contribution < 1.29 is 9.84 Å². The van der Waals surface area contributed by atoms with Gasteiger partial charge in [0.1, 0.15) is 5.15 Å². The molecule has 4 nitrogen and oxygen atoms in total. The molecule has 0 saturated carbocycles. The van der Waals surface area contributed by atoms with Crippen molar-refractivity contribution in [3.63, 3.8) is 0 Å². The van der Waals surface area contributed by atoms with E-state index in [0.717, 1.165) is 0 Å². The maximum absolute atomic E-state index is 8.99. The molecule has 0 aliphatic carbocycles. The predicted molar refractivity (Wildman–Crippen MR) is 44.1 cm³/mol. The molecule has 0 bridgehead atoms. The predicted octanol–water partition coefficient (Wildman–Crippen LogP) is 1.59. The van der Waals surface area contributed by atoms with Crippen LogP contribution in [-0.4, -0.2) is 17.2 Å². The molecular formula is C7H7ClN2O2. The quantitative estimate of drug-likeness (QED) is 0.677. The van der Waals surface area contributed by atoms with Gasteiger partial charge in [-0.3, -0.25) is 0 Å². The fourth-order valence-corrected chi connectivity index (χ4v) is 0.717. The van der Waals surface area contributed by atoms with Crippen molar-refractivity contribution in [3.8, 4) is 18.1 Å². The Hall–Kier alpha value is -1.47. The van der Waals surface area contributed by atoms with Crippen LogP contribution in [0.3, 0.4) is 0 Å². The molecule has 0 unspecified atom stereocenters. The number of hydrogen-bond acceptors (Lipinski definition) is 4. The number of hydrogen-bond donors (Lipinski definition) is 1. The summed E-state index contributed by atoms with van der Waals surface area (Å²) in [7, 11) is 1.45. The summed E-state index contributed by atoms with van der Waals surface area (Å²) in [5, 5.41) is 15.8. The number of rotatable bonds is 1. The maximum Gasteiger partial charge on any atom is 0.176 e. The fraction of sp³-hybridized carbons (Fsp3) is 0.143. The van der Waals surface area contributed by atoms with E-state index in [1.807, 2.05) is 0 Å². The van der Waals surface area contributed by atoms with E-state index in [2.05, 4.69) is 11.6 Å². The van der Waals surface area contributed by atoms with Crippen LogP contribution in [0.4, 0.5) is 0 Å². The van der Waals surface area contributed by atoms with Crippen LogP contribution < -0.4 is 4.74 Å². The Morgan fingerprint density at radius 3 is 2.67 bits per heavy atom. The van der Waals surface area contributed by atoms with E-state index in [1.54, 1.807) is 0 Å². The third-order valence-electron chi connectivity index (χ3n) is 1.03. The number of pyridine rings is 1. The Morgan fingerprint density at radius 1 is 1.67 bits per heavy atom. The Balaban J connectivity index is 0.000000561. The fourth-order valence-electron chi connectivity index (χ4n) is 0.569. The van der Waals surface area contributed by atoms with Crippen LogP contribution in [0.2, 0.25) is 5.15 Å². The SMILES string of the molecule is C#N.COc1cc(Cl)ncc1O. The van der Waals surface area contributed by atoms with Gasteiger partial charge in [0.25, 0.3) is 0 Å². The first-order chi connectivity index (χ1) is 5.74. The van der Waals surface area contributed by atoms with Gasteiger partial charge in [0.2, 0.25) is 0 Å². The molecule has 0 radical (unpaired) electrons. The van der Waals surface area contributed by atoms with Crippen molar-refractivity contribution in [1.29, 1.82) is 5.26 Å². The van der Waals surface area contributed by atoms with Crippen LogP contribution in [0.25, 0.3) is 0 Å². The standard InChI is InChI=1S/C6H6ClNO2.CHN/c1-10-5-2-6(7)8-3-4(5)9;1-2/h2-3,9H,1H3;1H. The van der Waals surface area contributed by atoms with E-state index < -0.39 is 0 Å². The first kappa shape index (κ1) is 10.5. The zero-order valence-corrected chi connectivity index (χ0v) is 7.12. The van der Waals surface area contributed by atoms with Gasteiger partial charge >= 0.3 is 0 Å². The maximum atomic E-state index is 8.99. The average molecular weight is 187 g/mol. The molecule has 1 rings (SSSR count). The number of methoxy groups -OCH3 is 1. The van der Waals surface area contributed by atoms with E-state index >= 15 is 0 Å². The van der Waals surface area contributed by atoms with E-state index in [1.165, 1.54) is 19.4 Å². The van der Waals surface area contributed by atoms with Gasteiger partial charge in [0.05, 0.1) is 13.3 Å². The first-order valence-corrected chi connectivity index (χ1v) is 3.26. The zero-order valence-electron chi connectivity index (χ0n) is 6.36. The van der Waals surface area contributed by atoms with Crippen LogP contribution in [0.15, 0.2) is 12.3 Å². The molecule has 1 N–H and O–H groups in total. The third kappa shape index (κ3) is 2.64. The zero-order chi connectivity index (χ0) is 9.56. The summed E-state index contributed by atoms with van der Waals surface area (Å²) >= 11 is 5.49. The summed E-state index contributed by atoms with van der Waals surface area (Å²) in [4.78, 5) is 3.62. The van der Waals surface area contributed by atoms with E-state index in [-0.39, 0.29) is 5.75 Å². The first-order valence-electron chi connectivity index (χ1n) is 2.88. The Morgan fingerprint density at radius 2 is 2.25 bits per heavy atom. The van der Waals surface area contributed by atoms with Crippen molar-refractivity contribution in [1.82, 2.24) is 4.98 Å². The average Bonchev–Trinajstić information content (AvgIpc) is 2.13. The molecule has 0 aliphatic rings. The van der Waals surface area contributed by atoms with Crippen LogP contribution >= 0.6 is 11.6 Å². The van der Waals surface area contributed by atoms with Crippen molar-refractivity contribution in [2.24, 2.45) is 0 Å². The van der Waals surface area contributed by atoms with Crippen LogP contribution in [0.1, 0.15) is 0 Å². The van der Waals surface area contributed by atoms with Gasteiger partial charge in [0, 0.05) is 12.6 Å². The van der Waals surface area contributed by atoms with Gasteiger partial charge < -0.3 is 9.84 Å². The van der Waals surface area contributed by atoms with Gasteiger partial charge in [-0.15, -0.1) is 0 Å². The summed E-state index contributed by atoms with van der Waals surface area (Å²) in [6.45, 7) is 3.50. The number of aromatic hydroxyl groups is 1. The monoisotopic (exact) mass is 186 g/mol. The molecule has 1 aromatic heterocycles. The number of aromatic nitrogens is 1. The highest BCUT2D eigenvalue weighted by molar-refractivity contribution is 6.29. The molecule has 5 heteroatoms. The number of nitriles is 1. The highest BCUT2D eigenvalue weighted by Crippen LogP contribution is 2.25. The van der Waals surface area contributed by atoms with Crippen molar-refractivity contribution in [2.45, 2.75) is 0 Å². The van der Waals surface area contributed by atoms with Crippen molar-refractivity contribution in [3.05, 3.63) is 17.4 Å². The number of nitrogens with zero attached hydrogens (tertiary/aromatic N) is 2. The van der Waals surface area contributed by atoms with Gasteiger partial charge in [-0.25, -0.2) is 10.2 Å². The summed E-state index contributed by atoms with van der Waals surface area (Å²) < 4.78 is 4.75. The molecule has 0 spiro atoms. The summed E-state index contributed by atoms with van der Waals surface area (Å²) in [6.07, 6.45) is 1.24. The summed E-state index contributed by atoms with van der Waals surface area (Å²) in [5.74, 6) is 0.326. The number of ether oxygens (including phenoxy) is 1. The second kappa shape index (κ2) is 5.22.